The molecule has 0 aliphatic rings. The number of hydrogen-bond acceptors (Lipinski definition) is 7. The largest absolute Gasteiger partial charge is 0.524 e. The summed E-state index contributed by atoms with van der Waals surface area (Å²) in [6.07, 6.45) is -0.987. The van der Waals surface area contributed by atoms with E-state index >= 15 is 0 Å². The van der Waals surface area contributed by atoms with Gasteiger partial charge in [-0.25, -0.2) is 9.59 Å². The number of esters is 1. The molecular formula is C7H8F2NaO7S. The molecular weight excluding hydrogens is 289 g/mol. The van der Waals surface area contributed by atoms with Crippen molar-refractivity contribution in [2.24, 2.45) is 0 Å². The number of carbonyl (C=O) groups excluding carboxylic acids is 2. The Hall–Kier alpha value is -0.710. The molecule has 0 heterocycles. The van der Waals surface area contributed by atoms with Crippen LogP contribution in [0, 0.1) is 0 Å². The smallest absolute Gasteiger partial charge is 0.459 e. The first-order valence-corrected chi connectivity index (χ1v) is 5.44. The molecule has 0 aliphatic carbocycles. The minimum absolute atomic E-state index is 0. The molecule has 0 rings (SSSR count). The van der Waals surface area contributed by atoms with Crippen LogP contribution in [0.15, 0.2) is 12.7 Å². The average molecular weight is 297 g/mol. The van der Waals surface area contributed by atoms with Crippen molar-refractivity contribution >= 4 is 51.8 Å². The molecule has 99 valence electrons. The first-order valence-electron chi connectivity index (χ1n) is 3.97. The van der Waals surface area contributed by atoms with Gasteiger partial charge in [0.2, 0.25) is 0 Å². The van der Waals surface area contributed by atoms with Gasteiger partial charge in [-0.1, -0.05) is 6.58 Å². The van der Waals surface area contributed by atoms with Crippen LogP contribution in [0.1, 0.15) is 0 Å². The quantitative estimate of drug-likeness (QED) is 0.224. The number of ether oxygens (including phenoxy) is 2. The minimum atomic E-state index is -5.29. The second-order valence-electron chi connectivity index (χ2n) is 2.31. The normalized spacial score (nSPS) is 10.2. The Morgan fingerprint density at radius 3 is 2.17 bits per heavy atom. The average Bonchev–Trinajstić information content (AvgIpc) is 2.23. The van der Waals surface area contributed by atoms with Gasteiger partial charge in [-0.15, -0.1) is 0 Å². The molecule has 0 aromatic rings. The summed E-state index contributed by atoms with van der Waals surface area (Å²) < 4.78 is 55.8. The van der Waals surface area contributed by atoms with E-state index in [0.29, 0.717) is 0 Å². The second kappa shape index (κ2) is 9.25. The SMILES string of the molecule is C=CC(=O)OCCOC(=O)OS(=O)(=O)C(F)F.[Na]. The zero-order valence-corrected chi connectivity index (χ0v) is 12.1. The van der Waals surface area contributed by atoms with Crippen molar-refractivity contribution in [3.8, 4) is 0 Å². The molecule has 0 atom stereocenters. The topological polar surface area (TPSA) is 96.0 Å². The van der Waals surface area contributed by atoms with Crippen LogP contribution >= 0.6 is 0 Å². The van der Waals surface area contributed by atoms with Gasteiger partial charge in [0.05, 0.1) is 0 Å². The third-order valence-corrected chi connectivity index (χ3v) is 1.92. The monoisotopic (exact) mass is 297 g/mol. The van der Waals surface area contributed by atoms with E-state index in [4.69, 9.17) is 0 Å². The Morgan fingerprint density at radius 1 is 1.22 bits per heavy atom. The number of alkyl halides is 2. The van der Waals surface area contributed by atoms with Gasteiger partial charge in [-0.2, -0.15) is 17.2 Å². The van der Waals surface area contributed by atoms with Gasteiger partial charge in [0, 0.05) is 35.6 Å². The maximum absolute atomic E-state index is 11.7. The van der Waals surface area contributed by atoms with Crippen molar-refractivity contribution in [3.05, 3.63) is 12.7 Å². The van der Waals surface area contributed by atoms with Crippen LogP contribution in [0.5, 0.6) is 0 Å². The zero-order valence-electron chi connectivity index (χ0n) is 9.30. The molecule has 0 bridgehead atoms. The summed E-state index contributed by atoms with van der Waals surface area (Å²) in [4.78, 5) is 21.0. The summed E-state index contributed by atoms with van der Waals surface area (Å²) >= 11 is 0. The van der Waals surface area contributed by atoms with Crippen molar-refractivity contribution in [1.82, 2.24) is 0 Å². The van der Waals surface area contributed by atoms with Crippen molar-refractivity contribution in [3.63, 3.8) is 0 Å². The van der Waals surface area contributed by atoms with E-state index in [1.54, 1.807) is 0 Å². The molecule has 0 unspecified atom stereocenters. The minimum Gasteiger partial charge on any atom is -0.459 e. The fraction of sp³-hybridized carbons (Fsp3) is 0.429. The van der Waals surface area contributed by atoms with Crippen molar-refractivity contribution < 1.29 is 40.4 Å². The molecule has 0 aromatic heterocycles. The molecule has 0 fully saturated rings. The zero-order chi connectivity index (χ0) is 13.5. The third kappa shape index (κ3) is 8.39. The summed E-state index contributed by atoms with van der Waals surface area (Å²) in [5.74, 6) is -4.64. The maximum Gasteiger partial charge on any atom is 0.524 e. The predicted molar refractivity (Wildman–Crippen MR) is 54.3 cm³/mol. The van der Waals surface area contributed by atoms with Gasteiger partial charge in [0.25, 0.3) is 0 Å². The van der Waals surface area contributed by atoms with E-state index in [9.17, 15) is 26.8 Å². The molecule has 11 heteroatoms. The summed E-state index contributed by atoms with van der Waals surface area (Å²) in [6.45, 7) is 2.13. The van der Waals surface area contributed by atoms with Gasteiger partial charge >= 0.3 is 28.0 Å². The van der Waals surface area contributed by atoms with E-state index in [1.165, 1.54) is 0 Å². The van der Waals surface area contributed by atoms with Crippen molar-refractivity contribution in [1.29, 1.82) is 0 Å². The van der Waals surface area contributed by atoms with Crippen LogP contribution < -0.4 is 0 Å². The van der Waals surface area contributed by atoms with E-state index in [-0.39, 0.29) is 29.6 Å². The maximum atomic E-state index is 11.7. The Kier molecular flexibility index (Phi) is 10.1. The van der Waals surface area contributed by atoms with Crippen molar-refractivity contribution in [2.75, 3.05) is 13.2 Å². The molecule has 18 heavy (non-hydrogen) atoms. The van der Waals surface area contributed by atoms with E-state index in [1.807, 2.05) is 0 Å². The molecule has 0 aromatic carbocycles. The Balaban J connectivity index is 0. The van der Waals surface area contributed by atoms with Gasteiger partial charge in [0.15, 0.2) is 0 Å². The molecule has 0 amide bonds. The van der Waals surface area contributed by atoms with Crippen LogP contribution in [-0.4, -0.2) is 69.1 Å². The first kappa shape index (κ1) is 19.6. The van der Waals surface area contributed by atoms with Crippen LogP contribution in [0.25, 0.3) is 0 Å². The number of halogens is 2. The Morgan fingerprint density at radius 2 is 1.72 bits per heavy atom. The predicted octanol–water partition coefficient (Wildman–Crippen LogP) is 0.0404. The Labute approximate surface area is 123 Å². The molecule has 0 N–H and O–H groups in total. The van der Waals surface area contributed by atoms with E-state index in [2.05, 4.69) is 20.2 Å². The van der Waals surface area contributed by atoms with Gasteiger partial charge in [-0.3, -0.25) is 0 Å². The van der Waals surface area contributed by atoms with Gasteiger partial charge in [-0.05, 0) is 0 Å². The van der Waals surface area contributed by atoms with Gasteiger partial charge < -0.3 is 13.7 Å². The molecule has 0 saturated carbocycles. The van der Waals surface area contributed by atoms with Crippen molar-refractivity contribution in [2.45, 2.75) is 5.76 Å². The third-order valence-electron chi connectivity index (χ3n) is 1.12. The van der Waals surface area contributed by atoms with Crippen LogP contribution in [0.2, 0.25) is 0 Å². The molecule has 0 spiro atoms. The summed E-state index contributed by atoms with van der Waals surface area (Å²) in [5.41, 5.74) is 0. The Bertz CT molecular complexity index is 395. The standard InChI is InChI=1S/C7H8F2O7S.Na/c1-2-5(10)14-3-4-15-7(11)16-17(12,13)6(8)9;/h2,6H,1,3-4H2;. The summed E-state index contributed by atoms with van der Waals surface area (Å²) in [7, 11) is -5.29. The van der Waals surface area contributed by atoms with E-state index < -0.39 is 41.2 Å². The number of rotatable bonds is 6. The van der Waals surface area contributed by atoms with E-state index in [0.717, 1.165) is 6.08 Å². The van der Waals surface area contributed by atoms with Gasteiger partial charge in [0.1, 0.15) is 13.2 Å². The molecule has 1 radical (unpaired) electrons. The fourth-order valence-corrected chi connectivity index (χ4v) is 0.792. The van der Waals surface area contributed by atoms with Crippen LogP contribution in [0.4, 0.5) is 13.6 Å². The second-order valence-corrected chi connectivity index (χ2v) is 3.82. The molecule has 0 saturated heterocycles. The number of carbonyl (C=O) groups is 2. The van der Waals surface area contributed by atoms with Crippen LogP contribution in [-0.2, 0) is 28.6 Å². The first-order chi connectivity index (χ1) is 7.79. The summed E-state index contributed by atoms with van der Waals surface area (Å²) in [6, 6.07) is 0. The summed E-state index contributed by atoms with van der Waals surface area (Å²) in [5, 5.41) is 0. The molecule has 0 aliphatic heterocycles. The molecule has 7 nitrogen and oxygen atoms in total. The van der Waals surface area contributed by atoms with Crippen LogP contribution in [0.3, 0.4) is 0 Å². The fourth-order valence-electron chi connectivity index (χ4n) is 0.481. The number of hydrogen-bond donors (Lipinski definition) is 0.